The number of carboxylic acid groups (broad SMARTS) is 1. The van der Waals surface area contributed by atoms with Crippen molar-refractivity contribution >= 4 is 12.1 Å². The summed E-state index contributed by atoms with van der Waals surface area (Å²) in [6, 6.07) is 0. The first-order valence-corrected chi connectivity index (χ1v) is 7.36. The van der Waals surface area contributed by atoms with Crippen LogP contribution in [0, 0.1) is 0 Å². The number of carbonyl (C=O) groups is 2. The van der Waals surface area contributed by atoms with Crippen LogP contribution in [0.1, 0.15) is 41.6 Å². The normalized spacial score (nSPS) is 22.7. The molecule has 0 saturated carbocycles. The minimum atomic E-state index is -1.13. The van der Waals surface area contributed by atoms with E-state index in [1.807, 2.05) is 0 Å². The van der Waals surface area contributed by atoms with E-state index in [0.29, 0.717) is 45.0 Å². The standard InChI is InChI=1S/C14H18N2O6/c17-13(18)11-7-15-12(22-11)9-1-4-16(5-2-9)14(19)21-10-3-6-20-8-10/h7,9-10H,1-6,8H2,(H,17,18). The molecule has 2 fully saturated rings. The lowest BCUT2D eigenvalue weighted by Crippen LogP contribution is -2.40. The molecule has 0 aromatic carbocycles. The average molecular weight is 310 g/mol. The number of carboxylic acids is 1. The van der Waals surface area contributed by atoms with E-state index in [0.717, 1.165) is 6.42 Å². The summed E-state index contributed by atoms with van der Waals surface area (Å²) >= 11 is 0. The van der Waals surface area contributed by atoms with E-state index in [2.05, 4.69) is 4.98 Å². The molecule has 0 aliphatic carbocycles. The summed E-state index contributed by atoms with van der Waals surface area (Å²) < 4.78 is 15.8. The minimum absolute atomic E-state index is 0.0342. The molecule has 1 aromatic rings. The number of hydrogen-bond donors (Lipinski definition) is 1. The van der Waals surface area contributed by atoms with Gasteiger partial charge in [0.05, 0.1) is 19.4 Å². The van der Waals surface area contributed by atoms with Crippen molar-refractivity contribution in [2.75, 3.05) is 26.3 Å². The number of piperidine rings is 1. The van der Waals surface area contributed by atoms with Crippen LogP contribution in [-0.4, -0.2) is 59.5 Å². The van der Waals surface area contributed by atoms with Crippen LogP contribution in [0.4, 0.5) is 4.79 Å². The SMILES string of the molecule is O=C(O)c1cnc(C2CCN(C(=O)OC3CCOC3)CC2)o1. The topological polar surface area (TPSA) is 102 Å². The zero-order valence-corrected chi connectivity index (χ0v) is 12.1. The van der Waals surface area contributed by atoms with Gasteiger partial charge in [-0.2, -0.15) is 0 Å². The molecule has 3 rings (SSSR count). The first-order valence-electron chi connectivity index (χ1n) is 7.36. The van der Waals surface area contributed by atoms with Gasteiger partial charge in [0.2, 0.25) is 5.76 Å². The van der Waals surface area contributed by atoms with E-state index in [4.69, 9.17) is 19.0 Å². The van der Waals surface area contributed by atoms with Crippen LogP contribution in [0.15, 0.2) is 10.6 Å². The first-order chi connectivity index (χ1) is 10.6. The van der Waals surface area contributed by atoms with Gasteiger partial charge in [-0.05, 0) is 12.8 Å². The highest BCUT2D eigenvalue weighted by Gasteiger charge is 2.30. The van der Waals surface area contributed by atoms with Gasteiger partial charge in [-0.3, -0.25) is 0 Å². The molecule has 3 heterocycles. The molecule has 2 aliphatic rings. The van der Waals surface area contributed by atoms with Crippen LogP contribution in [0.5, 0.6) is 0 Å². The van der Waals surface area contributed by atoms with Gasteiger partial charge in [-0.1, -0.05) is 0 Å². The molecule has 120 valence electrons. The molecule has 1 unspecified atom stereocenters. The van der Waals surface area contributed by atoms with Crippen LogP contribution >= 0.6 is 0 Å². The average Bonchev–Trinajstić information content (AvgIpc) is 3.18. The highest BCUT2D eigenvalue weighted by atomic mass is 16.6. The van der Waals surface area contributed by atoms with Crippen molar-refractivity contribution < 1.29 is 28.6 Å². The molecule has 22 heavy (non-hydrogen) atoms. The van der Waals surface area contributed by atoms with E-state index < -0.39 is 5.97 Å². The third-order valence-corrected chi connectivity index (χ3v) is 3.99. The molecule has 0 bridgehead atoms. The fourth-order valence-electron chi connectivity index (χ4n) is 2.71. The molecule has 1 N–H and O–H groups in total. The molecule has 8 nitrogen and oxygen atoms in total. The molecule has 2 aliphatic heterocycles. The largest absolute Gasteiger partial charge is 0.475 e. The van der Waals surface area contributed by atoms with Crippen LogP contribution in [0.3, 0.4) is 0 Å². The molecule has 1 amide bonds. The predicted octanol–water partition coefficient (Wildman–Crippen LogP) is 1.48. The summed E-state index contributed by atoms with van der Waals surface area (Å²) in [5, 5.41) is 8.83. The molecular formula is C14H18N2O6. The Morgan fingerprint density at radius 3 is 2.68 bits per heavy atom. The molecule has 8 heteroatoms. The van der Waals surface area contributed by atoms with Gasteiger partial charge in [0.25, 0.3) is 0 Å². The van der Waals surface area contributed by atoms with Crippen molar-refractivity contribution in [3.8, 4) is 0 Å². The molecular weight excluding hydrogens is 292 g/mol. The third kappa shape index (κ3) is 3.22. The fourth-order valence-corrected chi connectivity index (χ4v) is 2.71. The van der Waals surface area contributed by atoms with Gasteiger partial charge in [0.1, 0.15) is 6.10 Å². The highest BCUT2D eigenvalue weighted by Crippen LogP contribution is 2.28. The second kappa shape index (κ2) is 6.35. The number of amides is 1. The first kappa shape index (κ1) is 14.8. The van der Waals surface area contributed by atoms with Crippen LogP contribution in [0.25, 0.3) is 0 Å². The molecule has 1 aromatic heterocycles. The van der Waals surface area contributed by atoms with Crippen molar-refractivity contribution in [2.45, 2.75) is 31.3 Å². The monoisotopic (exact) mass is 310 g/mol. The van der Waals surface area contributed by atoms with Crippen molar-refractivity contribution in [3.63, 3.8) is 0 Å². The summed E-state index contributed by atoms with van der Waals surface area (Å²) in [6.07, 6.45) is 2.86. The van der Waals surface area contributed by atoms with Gasteiger partial charge in [-0.15, -0.1) is 0 Å². The Balaban J connectivity index is 1.50. The highest BCUT2D eigenvalue weighted by molar-refractivity contribution is 5.83. The maximum Gasteiger partial charge on any atom is 0.410 e. The Kier molecular flexibility index (Phi) is 4.28. The number of oxazole rings is 1. The van der Waals surface area contributed by atoms with Gasteiger partial charge in [-0.25, -0.2) is 14.6 Å². The summed E-state index contributed by atoms with van der Waals surface area (Å²) in [5.74, 6) is -0.821. The molecule has 0 spiro atoms. The Bertz CT molecular complexity index is 543. The van der Waals surface area contributed by atoms with Crippen molar-refractivity contribution in [1.82, 2.24) is 9.88 Å². The van der Waals surface area contributed by atoms with Crippen molar-refractivity contribution in [1.29, 1.82) is 0 Å². The Hall–Kier alpha value is -2.09. The lowest BCUT2D eigenvalue weighted by atomic mass is 9.97. The van der Waals surface area contributed by atoms with Crippen LogP contribution in [-0.2, 0) is 9.47 Å². The number of rotatable bonds is 3. The Morgan fingerprint density at radius 1 is 1.32 bits per heavy atom. The van der Waals surface area contributed by atoms with E-state index in [-0.39, 0.29) is 23.9 Å². The number of ether oxygens (including phenoxy) is 2. The Labute approximate surface area is 127 Å². The van der Waals surface area contributed by atoms with Crippen molar-refractivity contribution in [3.05, 3.63) is 17.8 Å². The number of nitrogens with zero attached hydrogens (tertiary/aromatic N) is 2. The third-order valence-electron chi connectivity index (χ3n) is 3.99. The number of aromatic carboxylic acids is 1. The number of likely N-dealkylation sites (tertiary alicyclic amines) is 1. The van der Waals surface area contributed by atoms with Crippen LogP contribution < -0.4 is 0 Å². The zero-order valence-electron chi connectivity index (χ0n) is 12.1. The van der Waals surface area contributed by atoms with E-state index in [9.17, 15) is 9.59 Å². The lowest BCUT2D eigenvalue weighted by Gasteiger charge is -2.30. The van der Waals surface area contributed by atoms with Crippen LogP contribution in [0.2, 0.25) is 0 Å². The number of aromatic nitrogens is 1. The predicted molar refractivity (Wildman–Crippen MR) is 72.7 cm³/mol. The van der Waals surface area contributed by atoms with Gasteiger partial charge < -0.3 is 23.9 Å². The Morgan fingerprint density at radius 2 is 2.09 bits per heavy atom. The summed E-state index contributed by atoms with van der Waals surface area (Å²) in [6.45, 7) is 2.19. The smallest absolute Gasteiger partial charge is 0.410 e. The quantitative estimate of drug-likeness (QED) is 0.902. The minimum Gasteiger partial charge on any atom is -0.475 e. The lowest BCUT2D eigenvalue weighted by molar-refractivity contribution is 0.0482. The van der Waals surface area contributed by atoms with Gasteiger partial charge in [0, 0.05) is 25.4 Å². The number of hydrogen-bond acceptors (Lipinski definition) is 6. The van der Waals surface area contributed by atoms with E-state index in [1.54, 1.807) is 4.90 Å². The fraction of sp³-hybridized carbons (Fsp3) is 0.643. The maximum absolute atomic E-state index is 12.0. The summed E-state index contributed by atoms with van der Waals surface area (Å²) in [7, 11) is 0. The second-order valence-electron chi connectivity index (χ2n) is 5.50. The summed E-state index contributed by atoms with van der Waals surface area (Å²) in [4.78, 5) is 28.5. The molecule has 1 atom stereocenters. The van der Waals surface area contributed by atoms with E-state index in [1.165, 1.54) is 6.20 Å². The summed E-state index contributed by atoms with van der Waals surface area (Å²) in [5.41, 5.74) is 0. The molecule has 2 saturated heterocycles. The van der Waals surface area contributed by atoms with Gasteiger partial charge >= 0.3 is 12.1 Å². The van der Waals surface area contributed by atoms with E-state index >= 15 is 0 Å². The van der Waals surface area contributed by atoms with Crippen molar-refractivity contribution in [2.24, 2.45) is 0 Å². The maximum atomic E-state index is 12.0. The number of carbonyl (C=O) groups excluding carboxylic acids is 1. The second-order valence-corrected chi connectivity index (χ2v) is 5.50. The zero-order chi connectivity index (χ0) is 15.5. The molecule has 0 radical (unpaired) electrons. The van der Waals surface area contributed by atoms with Gasteiger partial charge in [0.15, 0.2) is 5.89 Å².